The molecule has 3 nitrogen and oxygen atoms in total. The average molecular weight is 288 g/mol. The first kappa shape index (κ1) is 17.5. The molecular formula is C18H28N2O. The summed E-state index contributed by atoms with van der Waals surface area (Å²) < 4.78 is 5.82. The van der Waals surface area contributed by atoms with Crippen molar-refractivity contribution in [2.75, 3.05) is 6.61 Å². The SMILES string of the molecule is Cc1ccc(OCCCCC(C)(C#N)NC(C)C)c(C)c1. The van der Waals surface area contributed by atoms with Gasteiger partial charge < -0.3 is 4.74 Å². The van der Waals surface area contributed by atoms with Crippen molar-refractivity contribution in [1.82, 2.24) is 5.32 Å². The van der Waals surface area contributed by atoms with Crippen molar-refractivity contribution in [2.24, 2.45) is 0 Å². The molecule has 0 fully saturated rings. The molecule has 1 unspecified atom stereocenters. The van der Waals surface area contributed by atoms with Gasteiger partial charge in [0, 0.05) is 6.04 Å². The zero-order chi connectivity index (χ0) is 15.9. The van der Waals surface area contributed by atoms with E-state index in [0.717, 1.165) is 25.0 Å². The van der Waals surface area contributed by atoms with Crippen LogP contribution in [0.15, 0.2) is 18.2 Å². The van der Waals surface area contributed by atoms with Gasteiger partial charge in [0.2, 0.25) is 0 Å². The summed E-state index contributed by atoms with van der Waals surface area (Å²) in [5.41, 5.74) is 2.00. The zero-order valence-electron chi connectivity index (χ0n) is 14.0. The molecule has 0 spiro atoms. The van der Waals surface area contributed by atoms with Gasteiger partial charge in [-0.1, -0.05) is 17.7 Å². The van der Waals surface area contributed by atoms with E-state index in [1.54, 1.807) is 0 Å². The summed E-state index contributed by atoms with van der Waals surface area (Å²) in [5.74, 6) is 0.962. The first-order valence-electron chi connectivity index (χ1n) is 7.75. The third kappa shape index (κ3) is 6.18. The van der Waals surface area contributed by atoms with Gasteiger partial charge >= 0.3 is 0 Å². The van der Waals surface area contributed by atoms with Crippen LogP contribution in [-0.2, 0) is 0 Å². The van der Waals surface area contributed by atoms with E-state index >= 15 is 0 Å². The van der Waals surface area contributed by atoms with Crippen LogP contribution >= 0.6 is 0 Å². The molecule has 0 aliphatic rings. The molecule has 1 N–H and O–H groups in total. The monoisotopic (exact) mass is 288 g/mol. The van der Waals surface area contributed by atoms with Crippen molar-refractivity contribution in [2.45, 2.75) is 65.5 Å². The molecule has 1 atom stereocenters. The van der Waals surface area contributed by atoms with Crippen LogP contribution in [-0.4, -0.2) is 18.2 Å². The van der Waals surface area contributed by atoms with Crippen LogP contribution in [0.3, 0.4) is 0 Å². The summed E-state index contributed by atoms with van der Waals surface area (Å²) in [6, 6.07) is 8.94. The number of ether oxygens (including phenoxy) is 1. The van der Waals surface area contributed by atoms with Crippen LogP contribution in [0.2, 0.25) is 0 Å². The third-order valence-electron chi connectivity index (χ3n) is 3.51. The van der Waals surface area contributed by atoms with Crippen molar-refractivity contribution in [3.8, 4) is 11.8 Å². The van der Waals surface area contributed by atoms with Gasteiger partial charge in [0.05, 0.1) is 12.7 Å². The third-order valence-corrected chi connectivity index (χ3v) is 3.51. The second-order valence-corrected chi connectivity index (χ2v) is 6.32. The van der Waals surface area contributed by atoms with Gasteiger partial charge in [-0.15, -0.1) is 0 Å². The van der Waals surface area contributed by atoms with Crippen molar-refractivity contribution in [3.63, 3.8) is 0 Å². The first-order chi connectivity index (χ1) is 9.86. The summed E-state index contributed by atoms with van der Waals surface area (Å²) in [6.45, 7) is 11.0. The van der Waals surface area contributed by atoms with Crippen LogP contribution in [0.1, 0.15) is 51.2 Å². The standard InChI is InChI=1S/C18H28N2O/c1-14(2)20-18(5,13-19)10-6-7-11-21-17-9-8-15(3)12-16(17)4/h8-9,12,14,20H,6-7,10-11H2,1-5H3. The highest BCUT2D eigenvalue weighted by molar-refractivity contribution is 5.35. The Kier molecular flexibility index (Phi) is 6.71. The Morgan fingerprint density at radius 3 is 2.57 bits per heavy atom. The number of benzene rings is 1. The lowest BCUT2D eigenvalue weighted by Gasteiger charge is -2.25. The number of aryl methyl sites for hydroxylation is 2. The summed E-state index contributed by atoms with van der Waals surface area (Å²) in [6.07, 6.45) is 2.79. The van der Waals surface area contributed by atoms with E-state index in [1.807, 2.05) is 13.0 Å². The number of nitrogens with zero attached hydrogens (tertiary/aromatic N) is 1. The van der Waals surface area contributed by atoms with E-state index < -0.39 is 5.54 Å². The van der Waals surface area contributed by atoms with Gasteiger partial charge in [-0.2, -0.15) is 5.26 Å². The zero-order valence-corrected chi connectivity index (χ0v) is 14.0. The van der Waals surface area contributed by atoms with E-state index in [0.29, 0.717) is 12.6 Å². The number of unbranched alkanes of at least 4 members (excludes halogenated alkanes) is 1. The number of hydrogen-bond acceptors (Lipinski definition) is 3. The van der Waals surface area contributed by atoms with Crippen molar-refractivity contribution < 1.29 is 4.74 Å². The van der Waals surface area contributed by atoms with Crippen LogP contribution in [0.5, 0.6) is 5.75 Å². The Morgan fingerprint density at radius 1 is 1.29 bits per heavy atom. The molecule has 116 valence electrons. The molecule has 1 aromatic rings. The molecule has 0 radical (unpaired) electrons. The average Bonchev–Trinajstić information content (AvgIpc) is 2.40. The van der Waals surface area contributed by atoms with Crippen LogP contribution in [0.4, 0.5) is 0 Å². The molecule has 0 saturated heterocycles. The Labute approximate surface area is 129 Å². The van der Waals surface area contributed by atoms with Gasteiger partial charge in [0.25, 0.3) is 0 Å². The molecular weight excluding hydrogens is 260 g/mol. The highest BCUT2D eigenvalue weighted by atomic mass is 16.5. The maximum Gasteiger partial charge on any atom is 0.122 e. The second kappa shape index (κ2) is 8.05. The van der Waals surface area contributed by atoms with Crippen molar-refractivity contribution in [3.05, 3.63) is 29.3 Å². The molecule has 0 aliphatic heterocycles. The quantitative estimate of drug-likeness (QED) is 0.731. The van der Waals surface area contributed by atoms with E-state index in [1.165, 1.54) is 11.1 Å². The smallest absolute Gasteiger partial charge is 0.122 e. The predicted molar refractivity (Wildman–Crippen MR) is 87.6 cm³/mol. The second-order valence-electron chi connectivity index (χ2n) is 6.32. The Hall–Kier alpha value is -1.53. The number of nitriles is 1. The first-order valence-corrected chi connectivity index (χ1v) is 7.75. The van der Waals surface area contributed by atoms with E-state index in [2.05, 4.69) is 51.2 Å². The normalized spacial score (nSPS) is 13.8. The molecule has 0 aromatic heterocycles. The Bertz CT molecular complexity index is 490. The number of hydrogen-bond donors (Lipinski definition) is 1. The lowest BCUT2D eigenvalue weighted by molar-refractivity contribution is 0.290. The van der Waals surface area contributed by atoms with Crippen LogP contribution in [0, 0.1) is 25.2 Å². The lowest BCUT2D eigenvalue weighted by Crippen LogP contribution is -2.44. The van der Waals surface area contributed by atoms with Crippen molar-refractivity contribution in [1.29, 1.82) is 5.26 Å². The summed E-state index contributed by atoms with van der Waals surface area (Å²) in [5, 5.41) is 12.6. The van der Waals surface area contributed by atoms with E-state index in [-0.39, 0.29) is 0 Å². The molecule has 1 rings (SSSR count). The van der Waals surface area contributed by atoms with E-state index in [4.69, 9.17) is 4.74 Å². The van der Waals surface area contributed by atoms with Crippen LogP contribution < -0.4 is 10.1 Å². The summed E-state index contributed by atoms with van der Waals surface area (Å²) in [7, 11) is 0. The fourth-order valence-electron chi connectivity index (χ4n) is 2.52. The summed E-state index contributed by atoms with van der Waals surface area (Å²) >= 11 is 0. The molecule has 0 saturated carbocycles. The molecule has 0 amide bonds. The highest BCUT2D eigenvalue weighted by Crippen LogP contribution is 2.19. The Balaban J connectivity index is 2.33. The molecule has 0 aliphatic carbocycles. The fourth-order valence-corrected chi connectivity index (χ4v) is 2.52. The predicted octanol–water partition coefficient (Wildman–Crippen LogP) is 4.13. The van der Waals surface area contributed by atoms with Gasteiger partial charge in [-0.05, 0) is 65.5 Å². The number of rotatable bonds is 8. The molecule has 21 heavy (non-hydrogen) atoms. The minimum absolute atomic E-state index is 0.320. The molecule has 0 heterocycles. The van der Waals surface area contributed by atoms with Gasteiger partial charge in [0.15, 0.2) is 0 Å². The Morgan fingerprint density at radius 2 is 2.00 bits per heavy atom. The molecule has 3 heteroatoms. The van der Waals surface area contributed by atoms with Crippen LogP contribution in [0.25, 0.3) is 0 Å². The number of nitrogens with one attached hydrogen (secondary N) is 1. The summed E-state index contributed by atoms with van der Waals surface area (Å²) in [4.78, 5) is 0. The van der Waals surface area contributed by atoms with Gasteiger partial charge in [-0.25, -0.2) is 0 Å². The molecule has 0 bridgehead atoms. The van der Waals surface area contributed by atoms with E-state index in [9.17, 15) is 5.26 Å². The topological polar surface area (TPSA) is 45.0 Å². The lowest BCUT2D eigenvalue weighted by atomic mass is 9.96. The molecule has 1 aromatic carbocycles. The maximum absolute atomic E-state index is 9.29. The minimum Gasteiger partial charge on any atom is -0.493 e. The largest absolute Gasteiger partial charge is 0.493 e. The highest BCUT2D eigenvalue weighted by Gasteiger charge is 2.23. The van der Waals surface area contributed by atoms with Gasteiger partial charge in [-0.3, -0.25) is 5.32 Å². The maximum atomic E-state index is 9.29. The minimum atomic E-state index is -0.437. The van der Waals surface area contributed by atoms with Crippen molar-refractivity contribution >= 4 is 0 Å². The van der Waals surface area contributed by atoms with Gasteiger partial charge in [0.1, 0.15) is 11.3 Å². The fraction of sp³-hybridized carbons (Fsp3) is 0.611.